The predicted molar refractivity (Wildman–Crippen MR) is 507 cm³/mol. The number of ether oxygens (including phenoxy) is 2. The van der Waals surface area contributed by atoms with Crippen molar-refractivity contribution in [3.63, 3.8) is 0 Å². The monoisotopic (exact) mass is 1940 g/mol. The number of aromatic carboxylic acids is 1. The molecule has 5 saturated heterocycles. The SMILES string of the molecule is CC(=O)c1ccc(N2CC[C@H](N)C2)cc1.CC(=O)c1ccc(N2CC[C@H](N=CC(F)(F)F)C2)cc1.CC(=O)c1ccc(N2CC[C@H](NCC(F)(F)F)C2)cc1.CC(C)(C)OC(=O)Nc1ccc(-c2ccccc2)cc1N.CCOC(O)C(F)(F)F.Nc1ccc(-c2ccccc2)cc1NC(=O)c1ccc(N2CC[C@H](NCC(F)(F)F)C2)cc1.O=C(O)c1ccc(N2CC[C@H](NCC(F)(F)F)C2)cc1. The third-order valence-electron chi connectivity index (χ3n) is 21.9. The molecule has 0 saturated carbocycles. The van der Waals surface area contributed by atoms with E-state index >= 15 is 0 Å². The highest BCUT2D eigenvalue weighted by Crippen LogP contribution is 2.34. The van der Waals surface area contributed by atoms with Gasteiger partial charge in [0, 0.05) is 147 Å². The number of nitrogens with one attached hydrogen (secondary N) is 5. The van der Waals surface area contributed by atoms with E-state index in [9.17, 15) is 94.6 Å². The molecule has 138 heavy (non-hydrogen) atoms. The Morgan fingerprint density at radius 1 is 0.428 bits per heavy atom. The number of ketones is 3. The highest BCUT2D eigenvalue weighted by Gasteiger charge is 2.40. The average molecular weight is 1950 g/mol. The van der Waals surface area contributed by atoms with E-state index in [1.54, 1.807) is 67.6 Å². The zero-order chi connectivity index (χ0) is 101. The first-order chi connectivity index (χ1) is 64.8. The minimum atomic E-state index is -4.66. The lowest BCUT2D eigenvalue weighted by molar-refractivity contribution is -0.292. The maximum atomic E-state index is 12.8. The van der Waals surface area contributed by atoms with Crippen molar-refractivity contribution in [3.8, 4) is 22.3 Å². The van der Waals surface area contributed by atoms with Crippen molar-refractivity contribution in [2.75, 3.05) is 138 Å². The van der Waals surface area contributed by atoms with Gasteiger partial charge in [0.1, 0.15) is 11.8 Å². The van der Waals surface area contributed by atoms with Crippen molar-refractivity contribution in [2.45, 2.75) is 154 Å². The number of alkyl halides is 15. The molecule has 14 rings (SSSR count). The molecule has 5 fully saturated rings. The third kappa shape index (κ3) is 38.6. The molecule has 0 radical (unpaired) electrons. The van der Waals surface area contributed by atoms with Gasteiger partial charge in [0.05, 0.1) is 54.0 Å². The second-order valence-electron chi connectivity index (χ2n) is 34.0. The van der Waals surface area contributed by atoms with Crippen molar-refractivity contribution in [3.05, 3.63) is 246 Å². The summed E-state index contributed by atoms with van der Waals surface area (Å²) in [6.07, 6.45) is -21.1. The van der Waals surface area contributed by atoms with E-state index in [2.05, 4.69) is 41.2 Å². The Morgan fingerprint density at radius 3 is 1.12 bits per heavy atom. The van der Waals surface area contributed by atoms with Gasteiger partial charge in [-0.05, 0) is 248 Å². The molecule has 24 nitrogen and oxygen atoms in total. The summed E-state index contributed by atoms with van der Waals surface area (Å²) in [5.41, 5.74) is 30.8. The minimum Gasteiger partial charge on any atom is -0.478 e. The number of nitrogens with zero attached hydrogens (tertiary/aromatic N) is 6. The molecule has 0 bridgehead atoms. The number of aliphatic hydroxyl groups excluding tert-OH is 1. The van der Waals surface area contributed by atoms with Crippen LogP contribution >= 0.6 is 0 Å². The van der Waals surface area contributed by atoms with Crippen LogP contribution < -0.4 is 68.3 Å². The number of rotatable bonds is 23. The molecule has 5 heterocycles. The molecule has 13 N–H and O–H groups in total. The van der Waals surface area contributed by atoms with Gasteiger partial charge in [-0.3, -0.25) is 29.5 Å². The highest BCUT2D eigenvalue weighted by molar-refractivity contribution is 6.06. The Hall–Kier alpha value is -12.8. The molecule has 2 amide bonds. The van der Waals surface area contributed by atoms with Crippen LogP contribution in [0.5, 0.6) is 0 Å². The van der Waals surface area contributed by atoms with Crippen LogP contribution in [0.25, 0.3) is 22.3 Å². The second kappa shape index (κ2) is 51.0. The molecule has 0 aromatic heterocycles. The number of amides is 2. The largest absolute Gasteiger partial charge is 0.478 e. The number of nitrogen functional groups attached to an aromatic ring is 2. The predicted octanol–water partition coefficient (Wildman–Crippen LogP) is 19.4. The number of carbonyl (C=O) groups is 6. The number of hydrogen-bond donors (Lipinski definition) is 10. The van der Waals surface area contributed by atoms with Crippen molar-refractivity contribution in [2.24, 2.45) is 10.7 Å². The number of hydrogen-bond acceptors (Lipinski definition) is 21. The van der Waals surface area contributed by atoms with E-state index < -0.39 is 74.5 Å². The van der Waals surface area contributed by atoms with Crippen molar-refractivity contribution >= 4 is 92.7 Å². The summed E-state index contributed by atoms with van der Waals surface area (Å²) in [6, 6.07) is 65.5. The summed E-state index contributed by atoms with van der Waals surface area (Å²) in [5.74, 6) is -1.18. The standard InChI is InChI=1S/C25H25F3N4O.C17H20N2O2.C14H17F3N2O.C14H15F3N2O.C13H15F3N2O2.C12H16N2O.C4H7F3O2/c26-25(27,28)16-30-20-12-13-32(15-20)21-9-6-18(7-10-21)24(33)31-23-14-19(8-11-22(23)29)17-4-2-1-3-5-17;1-17(2,3)21-16(20)19-15-10-9-13(11-14(15)18)12-7-5-4-6-8-12;2*1-10(20)11-2-4-13(5-3-11)19-7-6-12(8-19)18-9-14(15,16)17;14-13(15,16)8-17-10-5-6-18(7-10)11-3-1-9(2-4-11)12(19)20;1-9(15)10-2-4-12(5-3-10)14-7-6-11(13)8-14;1-2-9-3(8)4(5,6)7/h1-11,14,20,30H,12-13,15-16,29H2,(H,31,33);4-11H,18H2,1-3H3,(H,19,20);2-5,12,18H,6-9H2,1H3;2-5,9,12H,6-8H2,1H3;1-4,10,17H,5-8H2,(H,19,20);2-5,11H,6-8,13H2,1H3;3,8H,2H2,1H3/t20-;;2*12-;10-;11-;/m0.0000./s1. The Labute approximate surface area is 790 Å². The molecular weight excluding hydrogens is 1830 g/mol. The van der Waals surface area contributed by atoms with Gasteiger partial charge in [-0.25, -0.2) is 9.59 Å². The number of halogens is 15. The van der Waals surface area contributed by atoms with Crippen LogP contribution in [0.3, 0.4) is 0 Å². The molecule has 9 aromatic rings. The summed E-state index contributed by atoms with van der Waals surface area (Å²) in [5, 5.41) is 29.9. The fourth-order valence-electron chi connectivity index (χ4n) is 14.8. The maximum Gasteiger partial charge on any atom is 0.439 e. The van der Waals surface area contributed by atoms with E-state index in [4.69, 9.17) is 32.2 Å². The zero-order valence-electron chi connectivity index (χ0n) is 77.0. The van der Waals surface area contributed by atoms with Crippen molar-refractivity contribution in [1.82, 2.24) is 16.0 Å². The van der Waals surface area contributed by atoms with E-state index in [0.717, 1.165) is 82.3 Å². The first-order valence-corrected chi connectivity index (χ1v) is 44.2. The van der Waals surface area contributed by atoms with Gasteiger partial charge in [0.25, 0.3) is 12.2 Å². The molecule has 0 spiro atoms. The van der Waals surface area contributed by atoms with Gasteiger partial charge < -0.3 is 82.7 Å². The van der Waals surface area contributed by atoms with Gasteiger partial charge in [0.15, 0.2) is 17.3 Å². The van der Waals surface area contributed by atoms with Crippen LogP contribution in [-0.2, 0) is 9.47 Å². The second-order valence-corrected chi connectivity index (χ2v) is 34.0. The highest BCUT2D eigenvalue weighted by atomic mass is 19.4. The summed E-state index contributed by atoms with van der Waals surface area (Å²) in [6.45, 7) is 14.9. The van der Waals surface area contributed by atoms with Crippen molar-refractivity contribution < 1.29 is 114 Å². The molecule has 746 valence electrons. The Kier molecular flexibility index (Phi) is 40.8. The van der Waals surface area contributed by atoms with E-state index in [0.29, 0.717) is 111 Å². The number of nitrogens with two attached hydrogens (primary N) is 3. The Bertz CT molecular complexity index is 5300. The van der Waals surface area contributed by atoms with Crippen LogP contribution in [-0.4, -0.2) is 216 Å². The smallest absolute Gasteiger partial charge is 0.439 e. The lowest BCUT2D eigenvalue weighted by Gasteiger charge is -2.20. The zero-order valence-corrected chi connectivity index (χ0v) is 77.0. The first kappa shape index (κ1) is 110. The van der Waals surface area contributed by atoms with Crippen LogP contribution in [0, 0.1) is 0 Å². The van der Waals surface area contributed by atoms with Crippen LogP contribution in [0.1, 0.15) is 132 Å². The van der Waals surface area contributed by atoms with Crippen molar-refractivity contribution in [1.29, 1.82) is 0 Å². The lowest BCUT2D eigenvalue weighted by Crippen LogP contribution is -2.38. The maximum absolute atomic E-state index is 12.8. The van der Waals surface area contributed by atoms with Crippen LogP contribution in [0.15, 0.2) is 223 Å². The van der Waals surface area contributed by atoms with Gasteiger partial charge in [0.2, 0.25) is 0 Å². The number of Topliss-reactive ketones (excluding diaryl/α,β-unsaturated/α-hetero) is 3. The number of aliphatic hydroxyl groups is 1. The normalized spacial score (nSPS) is 17.3. The fraction of sp³-hybridized carbons (Fsp3) is 0.384. The van der Waals surface area contributed by atoms with E-state index in [-0.39, 0.29) is 71.9 Å². The number of anilines is 9. The number of benzene rings is 9. The summed E-state index contributed by atoms with van der Waals surface area (Å²) in [4.78, 5) is 82.5. The van der Waals surface area contributed by atoms with E-state index in [1.165, 1.54) is 32.9 Å². The van der Waals surface area contributed by atoms with Crippen LogP contribution in [0.4, 0.5) is 122 Å². The molecule has 6 atom stereocenters. The van der Waals surface area contributed by atoms with Gasteiger partial charge >= 0.3 is 42.9 Å². The van der Waals surface area contributed by atoms with Crippen LogP contribution in [0.2, 0.25) is 0 Å². The number of carboxylic acid groups (broad SMARTS) is 1. The molecule has 0 aliphatic carbocycles. The first-order valence-electron chi connectivity index (χ1n) is 44.2. The topological polar surface area (TPSA) is 328 Å². The molecule has 39 heteroatoms. The number of carboxylic acids is 1. The Balaban J connectivity index is 0.000000202. The number of carbonyl (C=O) groups excluding carboxylic acids is 5. The van der Waals surface area contributed by atoms with Gasteiger partial charge in [-0.2, -0.15) is 65.9 Å². The molecular formula is C99H115F15N14O10. The molecule has 9 aromatic carbocycles. The summed E-state index contributed by atoms with van der Waals surface area (Å²) in [7, 11) is 0. The summed E-state index contributed by atoms with van der Waals surface area (Å²) >= 11 is 0. The Morgan fingerprint density at radius 2 is 0.783 bits per heavy atom. The van der Waals surface area contributed by atoms with E-state index in [1.807, 2.05) is 186 Å². The fourth-order valence-corrected chi connectivity index (χ4v) is 14.8. The average Bonchev–Trinajstić information content (AvgIpc) is 1.38. The quantitative estimate of drug-likeness (QED) is 0.00935. The molecule has 5 aliphatic rings. The third-order valence-corrected chi connectivity index (χ3v) is 21.9. The van der Waals surface area contributed by atoms with Gasteiger partial charge in [-0.15, -0.1) is 0 Å². The minimum absolute atomic E-state index is 0.00249. The number of aliphatic imine (C=N–C) groups is 1. The molecule has 5 aliphatic heterocycles. The summed E-state index contributed by atoms with van der Waals surface area (Å²) < 4.78 is 189. The lowest BCUT2D eigenvalue weighted by atomic mass is 10.0. The molecule has 1 unspecified atom stereocenters. The van der Waals surface area contributed by atoms with Gasteiger partial charge in [-0.1, -0.05) is 72.8 Å².